The Morgan fingerprint density at radius 2 is 1.58 bits per heavy atom. The Hall–Kier alpha value is -0.390. The summed E-state index contributed by atoms with van der Waals surface area (Å²) in [6.07, 6.45) is 0. The Kier molecular flexibility index (Phi) is 3.89. The van der Waals surface area contributed by atoms with Crippen LogP contribution in [0.25, 0.3) is 0 Å². The van der Waals surface area contributed by atoms with Crippen LogP contribution >= 0.6 is 0 Å². The summed E-state index contributed by atoms with van der Waals surface area (Å²) in [5.41, 5.74) is 0.928. The second-order valence-corrected chi connectivity index (χ2v) is 3.65. The third kappa shape index (κ3) is 2.92. The second kappa shape index (κ2) is 4.02. The van der Waals surface area contributed by atoms with Gasteiger partial charge in [-0.05, 0) is 19.1 Å². The molecule has 0 aromatic heterocycles. The summed E-state index contributed by atoms with van der Waals surface area (Å²) in [6.45, 7) is 1.82. The predicted octanol–water partition coefficient (Wildman–Crippen LogP) is -2.10. The van der Waals surface area contributed by atoms with E-state index in [0.29, 0.717) is 0 Å². The topological polar surface area (TPSA) is 57.2 Å². The number of halogens is 1. The molecule has 0 atom stereocenters. The SMILES string of the molecule is Cc1ccc(S(=O)(=O)[O-])cc1.[Br-]. The van der Waals surface area contributed by atoms with E-state index >= 15 is 0 Å². The van der Waals surface area contributed by atoms with Crippen LogP contribution in [0.15, 0.2) is 29.2 Å². The van der Waals surface area contributed by atoms with Gasteiger partial charge in [0.15, 0.2) is 0 Å². The van der Waals surface area contributed by atoms with Gasteiger partial charge in [-0.1, -0.05) is 17.7 Å². The molecule has 1 aromatic carbocycles. The summed E-state index contributed by atoms with van der Waals surface area (Å²) in [7, 11) is -4.27. The van der Waals surface area contributed by atoms with Gasteiger partial charge in [0.1, 0.15) is 10.1 Å². The van der Waals surface area contributed by atoms with E-state index in [1.54, 1.807) is 12.1 Å². The van der Waals surface area contributed by atoms with Crippen LogP contribution in [-0.2, 0) is 10.1 Å². The summed E-state index contributed by atoms with van der Waals surface area (Å²) in [4.78, 5) is -0.178. The maximum atomic E-state index is 10.4. The quantitative estimate of drug-likeness (QED) is 0.537. The van der Waals surface area contributed by atoms with Crippen LogP contribution in [0.4, 0.5) is 0 Å². The fourth-order valence-electron chi connectivity index (χ4n) is 0.705. The zero-order valence-corrected chi connectivity index (χ0v) is 8.72. The maximum Gasteiger partial charge on any atom is 0.124 e. The standard InChI is InChI=1S/C7H8O3S.BrH/c1-6-2-4-7(5-3-6)11(8,9)10;/h2-5H,1H3,(H,8,9,10);1H/p-2. The van der Waals surface area contributed by atoms with Crippen molar-refractivity contribution in [2.45, 2.75) is 11.8 Å². The molecular weight excluding hydrogens is 244 g/mol. The van der Waals surface area contributed by atoms with Crippen LogP contribution in [0.1, 0.15) is 5.56 Å². The largest absolute Gasteiger partial charge is 1.00 e. The Labute approximate surface area is 81.9 Å². The molecular formula is C7H7BrO3S-2. The van der Waals surface area contributed by atoms with E-state index < -0.39 is 10.1 Å². The van der Waals surface area contributed by atoms with E-state index in [9.17, 15) is 13.0 Å². The number of aryl methyl sites for hydroxylation is 1. The van der Waals surface area contributed by atoms with E-state index in [0.717, 1.165) is 5.56 Å². The Morgan fingerprint density at radius 1 is 1.17 bits per heavy atom. The molecule has 0 saturated carbocycles. The fourth-order valence-corrected chi connectivity index (χ4v) is 1.17. The number of hydrogen-bond donors (Lipinski definition) is 0. The van der Waals surface area contributed by atoms with Gasteiger partial charge in [-0.3, -0.25) is 0 Å². The summed E-state index contributed by atoms with van der Waals surface area (Å²) in [6, 6.07) is 5.78. The minimum absolute atomic E-state index is 0. The van der Waals surface area contributed by atoms with Gasteiger partial charge in [0.25, 0.3) is 0 Å². The molecule has 0 radical (unpaired) electrons. The molecule has 1 aromatic rings. The molecule has 0 aliphatic heterocycles. The molecule has 0 bridgehead atoms. The van der Waals surface area contributed by atoms with E-state index in [1.165, 1.54) is 12.1 Å². The van der Waals surface area contributed by atoms with E-state index in [-0.39, 0.29) is 21.9 Å². The molecule has 0 aliphatic rings. The van der Waals surface area contributed by atoms with Crippen LogP contribution in [0.3, 0.4) is 0 Å². The first-order chi connectivity index (χ1) is 5.00. The summed E-state index contributed by atoms with van der Waals surface area (Å²) in [5.74, 6) is 0. The minimum Gasteiger partial charge on any atom is -1.00 e. The van der Waals surface area contributed by atoms with Crippen molar-refractivity contribution in [1.82, 2.24) is 0 Å². The highest BCUT2D eigenvalue weighted by Gasteiger charge is 1.97. The molecule has 0 N–H and O–H groups in total. The van der Waals surface area contributed by atoms with Gasteiger partial charge < -0.3 is 21.5 Å². The molecule has 0 aliphatic carbocycles. The lowest BCUT2D eigenvalue weighted by molar-refractivity contribution is -0.00000666. The molecule has 0 fully saturated rings. The van der Waals surface area contributed by atoms with Gasteiger partial charge in [-0.25, -0.2) is 8.42 Å². The monoisotopic (exact) mass is 250 g/mol. The predicted molar refractivity (Wildman–Crippen MR) is 39.1 cm³/mol. The molecule has 3 nitrogen and oxygen atoms in total. The summed E-state index contributed by atoms with van der Waals surface area (Å²) >= 11 is 0. The summed E-state index contributed by atoms with van der Waals surface area (Å²) < 4.78 is 31.2. The molecule has 68 valence electrons. The van der Waals surface area contributed by atoms with Crippen LogP contribution < -0.4 is 17.0 Å². The van der Waals surface area contributed by atoms with Gasteiger partial charge in [-0.2, -0.15) is 0 Å². The molecule has 12 heavy (non-hydrogen) atoms. The lowest BCUT2D eigenvalue weighted by Gasteiger charge is -2.05. The Morgan fingerprint density at radius 3 is 1.92 bits per heavy atom. The van der Waals surface area contributed by atoms with Crippen molar-refractivity contribution < 1.29 is 30.0 Å². The zero-order valence-electron chi connectivity index (χ0n) is 6.32. The van der Waals surface area contributed by atoms with Crippen molar-refractivity contribution in [2.75, 3.05) is 0 Å². The average molecular weight is 251 g/mol. The molecule has 1 rings (SSSR count). The Balaban J connectivity index is 0.00000121. The number of rotatable bonds is 1. The minimum atomic E-state index is -4.27. The molecule has 0 saturated heterocycles. The molecule has 0 unspecified atom stereocenters. The second-order valence-electron chi connectivity index (χ2n) is 2.27. The van der Waals surface area contributed by atoms with Crippen molar-refractivity contribution in [2.24, 2.45) is 0 Å². The summed E-state index contributed by atoms with van der Waals surface area (Å²) in [5, 5.41) is 0. The smallest absolute Gasteiger partial charge is 0.124 e. The highest BCUT2D eigenvalue weighted by Crippen LogP contribution is 2.08. The third-order valence-electron chi connectivity index (χ3n) is 1.31. The average Bonchev–Trinajstić information content (AvgIpc) is 1.86. The van der Waals surface area contributed by atoms with Crippen LogP contribution in [0.5, 0.6) is 0 Å². The maximum absolute atomic E-state index is 10.4. The number of benzene rings is 1. The molecule has 5 heteroatoms. The lowest BCUT2D eigenvalue weighted by atomic mass is 10.2. The van der Waals surface area contributed by atoms with Crippen LogP contribution in [0, 0.1) is 6.92 Å². The first-order valence-electron chi connectivity index (χ1n) is 3.03. The van der Waals surface area contributed by atoms with Gasteiger partial charge in [0.2, 0.25) is 0 Å². The highest BCUT2D eigenvalue weighted by atomic mass is 79.9. The van der Waals surface area contributed by atoms with Crippen molar-refractivity contribution >= 4 is 10.1 Å². The molecule has 0 heterocycles. The third-order valence-corrected chi connectivity index (χ3v) is 2.16. The van der Waals surface area contributed by atoms with Gasteiger partial charge in [0.05, 0.1) is 4.90 Å². The van der Waals surface area contributed by atoms with Crippen molar-refractivity contribution in [3.05, 3.63) is 29.8 Å². The molecule has 0 spiro atoms. The number of hydrogen-bond acceptors (Lipinski definition) is 3. The lowest BCUT2D eigenvalue weighted by Crippen LogP contribution is -3.00. The van der Waals surface area contributed by atoms with Crippen molar-refractivity contribution in [3.8, 4) is 0 Å². The highest BCUT2D eigenvalue weighted by molar-refractivity contribution is 7.85. The van der Waals surface area contributed by atoms with Crippen LogP contribution in [-0.4, -0.2) is 13.0 Å². The van der Waals surface area contributed by atoms with Crippen LogP contribution in [0.2, 0.25) is 0 Å². The first-order valence-corrected chi connectivity index (χ1v) is 4.43. The van der Waals surface area contributed by atoms with Gasteiger partial charge in [-0.15, -0.1) is 0 Å². The zero-order chi connectivity index (χ0) is 8.48. The molecule has 0 amide bonds. The van der Waals surface area contributed by atoms with Gasteiger partial charge in [0, 0.05) is 0 Å². The van der Waals surface area contributed by atoms with Crippen molar-refractivity contribution in [1.29, 1.82) is 0 Å². The van der Waals surface area contributed by atoms with Crippen molar-refractivity contribution in [3.63, 3.8) is 0 Å². The van der Waals surface area contributed by atoms with E-state index in [1.807, 2.05) is 6.92 Å². The van der Waals surface area contributed by atoms with E-state index in [4.69, 9.17) is 0 Å². The fraction of sp³-hybridized carbons (Fsp3) is 0.143. The normalized spacial score (nSPS) is 10.5. The van der Waals surface area contributed by atoms with Gasteiger partial charge >= 0.3 is 0 Å². The van der Waals surface area contributed by atoms with E-state index in [2.05, 4.69) is 0 Å². The first kappa shape index (κ1) is 11.6. The Bertz CT molecular complexity index is 341.